The second-order valence-electron chi connectivity index (χ2n) is 7.25. The first-order valence-electron chi connectivity index (χ1n) is 9.98. The van der Waals surface area contributed by atoms with Crippen molar-refractivity contribution in [3.05, 3.63) is 108 Å². The summed E-state index contributed by atoms with van der Waals surface area (Å²) < 4.78 is 19.3. The van der Waals surface area contributed by atoms with E-state index in [4.69, 9.17) is 4.42 Å². The number of nitrogens with one attached hydrogen (secondary N) is 2. The molecule has 0 bridgehead atoms. The predicted molar refractivity (Wildman–Crippen MR) is 122 cm³/mol. The summed E-state index contributed by atoms with van der Waals surface area (Å²) in [6.45, 7) is 0. The standard InChI is InChI=1S/C26H17FN2O3/c27-17-9-6-10-18(15-17)28-26(31)24-23(21-12-3-4-14-22(21)32-24)29-25(30)20-13-5-8-16-7-1-2-11-19(16)20/h1-15H,(H,28,31)(H,29,30). The zero-order chi connectivity index (χ0) is 22.1. The Labute approximate surface area is 182 Å². The van der Waals surface area contributed by atoms with Crippen LogP contribution in [0.2, 0.25) is 0 Å². The minimum atomic E-state index is -0.597. The first-order chi connectivity index (χ1) is 15.6. The van der Waals surface area contributed by atoms with Gasteiger partial charge in [-0.05, 0) is 47.2 Å². The van der Waals surface area contributed by atoms with Gasteiger partial charge in [0.25, 0.3) is 11.8 Å². The van der Waals surface area contributed by atoms with Gasteiger partial charge in [0.05, 0.1) is 0 Å². The zero-order valence-electron chi connectivity index (χ0n) is 16.8. The SMILES string of the molecule is O=C(Nc1cccc(F)c1)c1oc2ccccc2c1NC(=O)c1cccc2ccccc12. The fourth-order valence-electron chi connectivity index (χ4n) is 3.69. The van der Waals surface area contributed by atoms with Gasteiger partial charge in [-0.3, -0.25) is 9.59 Å². The van der Waals surface area contributed by atoms with Crippen molar-refractivity contribution in [2.24, 2.45) is 0 Å². The lowest BCUT2D eigenvalue weighted by Gasteiger charge is -2.09. The molecule has 5 nitrogen and oxygen atoms in total. The second kappa shape index (κ2) is 8.00. The van der Waals surface area contributed by atoms with Crippen LogP contribution < -0.4 is 10.6 Å². The average molecular weight is 424 g/mol. The van der Waals surface area contributed by atoms with Crippen LogP contribution in [-0.4, -0.2) is 11.8 Å². The van der Waals surface area contributed by atoms with Crippen LogP contribution in [0.25, 0.3) is 21.7 Å². The van der Waals surface area contributed by atoms with Crippen LogP contribution in [0.3, 0.4) is 0 Å². The lowest BCUT2D eigenvalue weighted by Crippen LogP contribution is -2.17. The molecule has 1 heterocycles. The van der Waals surface area contributed by atoms with Crippen molar-refractivity contribution >= 4 is 44.9 Å². The molecule has 0 aliphatic carbocycles. The lowest BCUT2D eigenvalue weighted by atomic mass is 10.0. The molecule has 0 saturated carbocycles. The molecule has 4 aromatic carbocycles. The maximum atomic E-state index is 13.5. The minimum Gasteiger partial charge on any atom is -0.449 e. The summed E-state index contributed by atoms with van der Waals surface area (Å²) in [6.07, 6.45) is 0. The minimum absolute atomic E-state index is 0.0657. The first-order valence-corrected chi connectivity index (χ1v) is 9.98. The topological polar surface area (TPSA) is 71.3 Å². The molecule has 0 spiro atoms. The molecule has 0 unspecified atom stereocenters. The van der Waals surface area contributed by atoms with Gasteiger partial charge < -0.3 is 15.1 Å². The molecular formula is C26H17FN2O3. The Balaban J connectivity index is 1.54. The van der Waals surface area contributed by atoms with Crippen LogP contribution in [0.4, 0.5) is 15.8 Å². The van der Waals surface area contributed by atoms with E-state index in [2.05, 4.69) is 10.6 Å². The molecule has 5 aromatic rings. The van der Waals surface area contributed by atoms with Crippen molar-refractivity contribution in [3.63, 3.8) is 0 Å². The number of fused-ring (bicyclic) bond motifs is 2. The van der Waals surface area contributed by atoms with Crippen molar-refractivity contribution < 1.29 is 18.4 Å². The Bertz CT molecular complexity index is 1480. The summed E-state index contributed by atoms with van der Waals surface area (Å²) in [4.78, 5) is 26.2. The molecule has 2 amide bonds. The van der Waals surface area contributed by atoms with Gasteiger partial charge in [0.2, 0.25) is 5.76 Å². The number of hydrogen-bond acceptors (Lipinski definition) is 3. The van der Waals surface area contributed by atoms with E-state index in [1.54, 1.807) is 36.4 Å². The highest BCUT2D eigenvalue weighted by Gasteiger charge is 2.23. The summed E-state index contributed by atoms with van der Waals surface area (Å²) in [5.74, 6) is -1.51. The van der Waals surface area contributed by atoms with E-state index in [9.17, 15) is 14.0 Å². The number of rotatable bonds is 4. The van der Waals surface area contributed by atoms with Gasteiger partial charge in [0, 0.05) is 16.6 Å². The van der Waals surface area contributed by atoms with Gasteiger partial charge in [-0.1, -0.05) is 54.6 Å². The van der Waals surface area contributed by atoms with Crippen LogP contribution in [0.15, 0.2) is 95.4 Å². The van der Waals surface area contributed by atoms with Gasteiger partial charge in [-0.15, -0.1) is 0 Å². The fraction of sp³-hybridized carbons (Fsp3) is 0. The molecular weight excluding hydrogens is 407 g/mol. The highest BCUT2D eigenvalue weighted by molar-refractivity contribution is 6.19. The molecule has 0 aliphatic rings. The number of benzene rings is 4. The van der Waals surface area contributed by atoms with Crippen LogP contribution in [0.5, 0.6) is 0 Å². The van der Waals surface area contributed by atoms with Crippen LogP contribution in [-0.2, 0) is 0 Å². The largest absolute Gasteiger partial charge is 0.449 e. The predicted octanol–water partition coefficient (Wildman–Crippen LogP) is 6.23. The number of anilines is 2. The Kier molecular flexibility index (Phi) is 4.88. The van der Waals surface area contributed by atoms with Crippen molar-refractivity contribution in [2.75, 3.05) is 10.6 Å². The lowest BCUT2D eigenvalue weighted by molar-refractivity contribution is 0.0999. The van der Waals surface area contributed by atoms with E-state index >= 15 is 0 Å². The van der Waals surface area contributed by atoms with Gasteiger partial charge in [0.15, 0.2) is 0 Å². The summed E-state index contributed by atoms with van der Waals surface area (Å²) in [5.41, 5.74) is 1.46. The number of carbonyl (C=O) groups is 2. The van der Waals surface area contributed by atoms with E-state index < -0.39 is 11.7 Å². The third-order valence-corrected chi connectivity index (χ3v) is 5.16. The maximum Gasteiger partial charge on any atom is 0.293 e. The van der Waals surface area contributed by atoms with Crippen molar-refractivity contribution in [2.45, 2.75) is 0 Å². The van der Waals surface area contributed by atoms with E-state index in [-0.39, 0.29) is 23.0 Å². The molecule has 32 heavy (non-hydrogen) atoms. The van der Waals surface area contributed by atoms with Gasteiger partial charge in [-0.2, -0.15) is 0 Å². The molecule has 0 saturated heterocycles. The van der Waals surface area contributed by atoms with Gasteiger partial charge >= 0.3 is 0 Å². The van der Waals surface area contributed by atoms with E-state index in [0.717, 1.165) is 10.8 Å². The Morgan fingerprint density at radius 3 is 2.28 bits per heavy atom. The van der Waals surface area contributed by atoms with E-state index in [0.29, 0.717) is 16.5 Å². The molecule has 0 atom stereocenters. The fourth-order valence-corrected chi connectivity index (χ4v) is 3.69. The summed E-state index contributed by atoms with van der Waals surface area (Å²) in [7, 11) is 0. The number of hydrogen-bond donors (Lipinski definition) is 2. The summed E-state index contributed by atoms with van der Waals surface area (Å²) in [5, 5.41) is 7.79. The Morgan fingerprint density at radius 1 is 0.719 bits per heavy atom. The van der Waals surface area contributed by atoms with E-state index in [1.165, 1.54) is 18.2 Å². The molecule has 0 aliphatic heterocycles. The van der Waals surface area contributed by atoms with Crippen LogP contribution in [0, 0.1) is 5.82 Å². The molecule has 1 aromatic heterocycles. The van der Waals surface area contributed by atoms with Crippen molar-refractivity contribution in [1.82, 2.24) is 0 Å². The molecule has 2 N–H and O–H groups in total. The summed E-state index contributed by atoms with van der Waals surface area (Å²) >= 11 is 0. The monoisotopic (exact) mass is 424 g/mol. The zero-order valence-corrected chi connectivity index (χ0v) is 16.8. The van der Waals surface area contributed by atoms with Crippen LogP contribution in [0.1, 0.15) is 20.9 Å². The average Bonchev–Trinajstić information content (AvgIpc) is 3.17. The number of halogens is 1. The number of carbonyl (C=O) groups excluding carboxylic acids is 2. The quantitative estimate of drug-likeness (QED) is 0.359. The third kappa shape index (κ3) is 3.58. The number of furan rings is 1. The van der Waals surface area contributed by atoms with Crippen molar-refractivity contribution in [3.8, 4) is 0 Å². The molecule has 156 valence electrons. The maximum absolute atomic E-state index is 13.5. The van der Waals surface area contributed by atoms with Crippen molar-refractivity contribution in [1.29, 1.82) is 0 Å². The third-order valence-electron chi connectivity index (χ3n) is 5.16. The number of amides is 2. The summed E-state index contributed by atoms with van der Waals surface area (Å²) in [6, 6.07) is 25.6. The first kappa shape index (κ1) is 19.5. The molecule has 5 rings (SSSR count). The Hall–Kier alpha value is -4.45. The smallest absolute Gasteiger partial charge is 0.293 e. The molecule has 0 radical (unpaired) electrons. The van der Waals surface area contributed by atoms with Gasteiger partial charge in [-0.25, -0.2) is 4.39 Å². The highest BCUT2D eigenvalue weighted by Crippen LogP contribution is 2.32. The Morgan fingerprint density at radius 2 is 1.44 bits per heavy atom. The second-order valence-corrected chi connectivity index (χ2v) is 7.25. The van der Waals surface area contributed by atoms with Crippen LogP contribution >= 0.6 is 0 Å². The van der Waals surface area contributed by atoms with E-state index in [1.807, 2.05) is 36.4 Å². The highest BCUT2D eigenvalue weighted by atomic mass is 19.1. The normalized spacial score (nSPS) is 10.9. The number of para-hydroxylation sites is 1. The molecule has 0 fully saturated rings. The van der Waals surface area contributed by atoms with Gasteiger partial charge in [0.1, 0.15) is 17.1 Å². The molecule has 6 heteroatoms.